The summed E-state index contributed by atoms with van der Waals surface area (Å²) in [6.07, 6.45) is -4.27. The number of fused-ring (bicyclic) bond motifs is 1. The highest BCUT2D eigenvalue weighted by Crippen LogP contribution is 2.37. The molecule has 0 atom stereocenters. The average molecular weight is 429 g/mol. The van der Waals surface area contributed by atoms with Crippen LogP contribution in [0.3, 0.4) is 0 Å². The van der Waals surface area contributed by atoms with Crippen LogP contribution in [0.2, 0.25) is 0 Å². The summed E-state index contributed by atoms with van der Waals surface area (Å²) in [7, 11) is -3.72. The maximum absolute atomic E-state index is 12.9. The second-order valence-corrected chi connectivity index (χ2v) is 9.28. The molecule has 148 valence electrons. The SMILES string of the molecule is Cc1ccc(S(=O)(=O)N2CCc3scc(-c4noc(C(F)(F)F)n4)c3C2)cc1. The van der Waals surface area contributed by atoms with Gasteiger partial charge in [-0.1, -0.05) is 22.9 Å². The van der Waals surface area contributed by atoms with Crippen molar-refractivity contribution in [2.24, 2.45) is 0 Å². The van der Waals surface area contributed by atoms with Crippen LogP contribution in [-0.4, -0.2) is 29.4 Å². The Morgan fingerprint density at radius 2 is 1.93 bits per heavy atom. The summed E-state index contributed by atoms with van der Waals surface area (Å²) in [4.78, 5) is 4.51. The average Bonchev–Trinajstić information content (AvgIpc) is 3.28. The van der Waals surface area contributed by atoms with E-state index in [0.29, 0.717) is 24.1 Å². The van der Waals surface area contributed by atoms with Crippen LogP contribution in [0.4, 0.5) is 13.2 Å². The highest BCUT2D eigenvalue weighted by molar-refractivity contribution is 7.89. The van der Waals surface area contributed by atoms with E-state index in [1.54, 1.807) is 29.6 Å². The van der Waals surface area contributed by atoms with Gasteiger partial charge in [0.15, 0.2) is 0 Å². The van der Waals surface area contributed by atoms with Crippen LogP contribution in [0.1, 0.15) is 21.9 Å². The van der Waals surface area contributed by atoms with Crippen LogP contribution in [0, 0.1) is 6.92 Å². The number of hydrogen-bond donors (Lipinski definition) is 0. The van der Waals surface area contributed by atoms with Crippen LogP contribution in [0.5, 0.6) is 0 Å². The smallest absolute Gasteiger partial charge is 0.329 e. The number of hydrogen-bond acceptors (Lipinski definition) is 6. The molecule has 3 aromatic rings. The number of aromatic nitrogens is 2. The van der Waals surface area contributed by atoms with E-state index < -0.39 is 22.1 Å². The van der Waals surface area contributed by atoms with Gasteiger partial charge in [0.2, 0.25) is 15.8 Å². The topological polar surface area (TPSA) is 76.3 Å². The lowest BCUT2D eigenvalue weighted by atomic mass is 10.1. The highest BCUT2D eigenvalue weighted by Gasteiger charge is 2.39. The lowest BCUT2D eigenvalue weighted by molar-refractivity contribution is -0.159. The van der Waals surface area contributed by atoms with Gasteiger partial charge in [-0.15, -0.1) is 11.3 Å². The van der Waals surface area contributed by atoms with Crippen LogP contribution in [0.25, 0.3) is 11.4 Å². The van der Waals surface area contributed by atoms with Crippen molar-refractivity contribution in [3.05, 3.63) is 51.5 Å². The van der Waals surface area contributed by atoms with Gasteiger partial charge in [-0.05, 0) is 31.0 Å². The maximum atomic E-state index is 12.9. The van der Waals surface area contributed by atoms with Crippen molar-refractivity contribution in [3.8, 4) is 11.4 Å². The second kappa shape index (κ2) is 6.68. The predicted molar refractivity (Wildman–Crippen MR) is 95.1 cm³/mol. The molecule has 0 bridgehead atoms. The van der Waals surface area contributed by atoms with Gasteiger partial charge >= 0.3 is 12.1 Å². The molecule has 2 aromatic heterocycles. The molecular formula is C17H14F3N3O3S2. The Balaban J connectivity index is 1.66. The number of thiophene rings is 1. The van der Waals surface area contributed by atoms with Crippen molar-refractivity contribution >= 4 is 21.4 Å². The molecule has 1 aromatic carbocycles. The Morgan fingerprint density at radius 1 is 1.21 bits per heavy atom. The van der Waals surface area contributed by atoms with E-state index in [1.807, 2.05) is 6.92 Å². The fourth-order valence-corrected chi connectivity index (χ4v) is 5.43. The lowest BCUT2D eigenvalue weighted by Crippen LogP contribution is -2.35. The fraction of sp³-hybridized carbons (Fsp3) is 0.294. The molecule has 0 spiro atoms. The normalized spacial score (nSPS) is 15.6. The molecule has 0 unspecified atom stereocenters. The van der Waals surface area contributed by atoms with Gasteiger partial charge < -0.3 is 4.52 Å². The summed E-state index contributed by atoms with van der Waals surface area (Å²) in [5.41, 5.74) is 1.92. The summed E-state index contributed by atoms with van der Waals surface area (Å²) >= 11 is 1.35. The Hall–Kier alpha value is -2.24. The molecule has 0 radical (unpaired) electrons. The van der Waals surface area contributed by atoms with Crippen molar-refractivity contribution in [3.63, 3.8) is 0 Å². The van der Waals surface area contributed by atoms with E-state index >= 15 is 0 Å². The fourth-order valence-electron chi connectivity index (χ4n) is 2.99. The van der Waals surface area contributed by atoms with Gasteiger partial charge in [0.1, 0.15) is 0 Å². The van der Waals surface area contributed by atoms with E-state index in [0.717, 1.165) is 10.4 Å². The second-order valence-electron chi connectivity index (χ2n) is 6.37. The molecule has 0 saturated heterocycles. The maximum Gasteiger partial charge on any atom is 0.471 e. The van der Waals surface area contributed by atoms with Crippen molar-refractivity contribution in [1.82, 2.24) is 14.4 Å². The van der Waals surface area contributed by atoms with Gasteiger partial charge in [0, 0.05) is 28.9 Å². The Kier molecular flexibility index (Phi) is 4.55. The molecule has 28 heavy (non-hydrogen) atoms. The van der Waals surface area contributed by atoms with Crippen molar-refractivity contribution in [1.29, 1.82) is 0 Å². The molecule has 0 aliphatic carbocycles. The van der Waals surface area contributed by atoms with Gasteiger partial charge in [-0.25, -0.2) is 8.42 Å². The summed E-state index contributed by atoms with van der Waals surface area (Å²) in [6, 6.07) is 6.53. The van der Waals surface area contributed by atoms with Crippen LogP contribution in [-0.2, 0) is 29.2 Å². The number of rotatable bonds is 3. The van der Waals surface area contributed by atoms with E-state index in [-0.39, 0.29) is 17.3 Å². The van der Waals surface area contributed by atoms with Gasteiger partial charge in [0.25, 0.3) is 0 Å². The number of halogens is 3. The van der Waals surface area contributed by atoms with E-state index in [2.05, 4.69) is 14.7 Å². The molecule has 3 heterocycles. The number of sulfonamides is 1. The molecule has 1 aliphatic heterocycles. The van der Waals surface area contributed by atoms with E-state index in [9.17, 15) is 21.6 Å². The number of nitrogens with zero attached hydrogens (tertiary/aromatic N) is 3. The molecule has 4 rings (SSSR count). The Labute approximate surface area is 162 Å². The summed E-state index contributed by atoms with van der Waals surface area (Å²) in [5.74, 6) is -1.62. The summed E-state index contributed by atoms with van der Waals surface area (Å²) < 4.78 is 69.7. The van der Waals surface area contributed by atoms with Crippen LogP contribution < -0.4 is 0 Å². The lowest BCUT2D eigenvalue weighted by Gasteiger charge is -2.26. The molecule has 0 saturated carbocycles. The van der Waals surface area contributed by atoms with Gasteiger partial charge in [-0.3, -0.25) is 0 Å². The first-order valence-corrected chi connectivity index (χ1v) is 10.6. The number of aryl methyl sites for hydroxylation is 1. The van der Waals surface area contributed by atoms with E-state index in [4.69, 9.17) is 0 Å². The third-order valence-corrected chi connectivity index (χ3v) is 7.42. The molecule has 0 amide bonds. The molecule has 11 heteroatoms. The molecule has 0 fully saturated rings. The van der Waals surface area contributed by atoms with Crippen LogP contribution >= 0.6 is 11.3 Å². The minimum Gasteiger partial charge on any atom is -0.329 e. The van der Waals surface area contributed by atoms with Gasteiger partial charge in [-0.2, -0.15) is 22.5 Å². The largest absolute Gasteiger partial charge is 0.471 e. The van der Waals surface area contributed by atoms with Crippen LogP contribution in [0.15, 0.2) is 39.1 Å². The first-order chi connectivity index (χ1) is 13.2. The summed E-state index contributed by atoms with van der Waals surface area (Å²) in [5, 5.41) is 5.06. The van der Waals surface area contributed by atoms with E-state index in [1.165, 1.54) is 15.6 Å². The monoisotopic (exact) mass is 429 g/mol. The molecule has 1 aliphatic rings. The Bertz CT molecular complexity index is 1120. The first-order valence-electron chi connectivity index (χ1n) is 8.23. The zero-order valence-electron chi connectivity index (χ0n) is 14.5. The molecule has 6 nitrogen and oxygen atoms in total. The number of alkyl halides is 3. The third-order valence-electron chi connectivity index (χ3n) is 4.47. The van der Waals surface area contributed by atoms with Gasteiger partial charge in [0.05, 0.1) is 4.90 Å². The minimum absolute atomic E-state index is 0.0419. The predicted octanol–water partition coefficient (Wildman–Crippen LogP) is 3.87. The zero-order valence-corrected chi connectivity index (χ0v) is 16.2. The molecule has 0 N–H and O–H groups in total. The summed E-state index contributed by atoms with van der Waals surface area (Å²) in [6.45, 7) is 2.20. The molecular weight excluding hydrogens is 415 g/mol. The highest BCUT2D eigenvalue weighted by atomic mass is 32.2. The minimum atomic E-state index is -4.73. The number of benzene rings is 1. The first kappa shape index (κ1) is 19.1. The quantitative estimate of drug-likeness (QED) is 0.632. The standard InChI is InChI=1S/C17H14F3N3O3S2/c1-10-2-4-11(5-3-10)28(24,25)23-7-6-14-12(8-23)13(9-27-14)15-21-16(26-22-15)17(18,19)20/h2-5,9H,6-8H2,1H3. The Morgan fingerprint density at radius 3 is 2.57 bits per heavy atom. The van der Waals surface area contributed by atoms with Crippen molar-refractivity contribution < 1.29 is 26.1 Å². The zero-order chi connectivity index (χ0) is 20.1. The third kappa shape index (κ3) is 3.33. The van der Waals surface area contributed by atoms with Crippen molar-refractivity contribution in [2.75, 3.05) is 6.54 Å². The van der Waals surface area contributed by atoms with Crippen molar-refractivity contribution in [2.45, 2.75) is 31.0 Å².